The first kappa shape index (κ1) is 25.0. The minimum Gasteiger partial charge on any atom is -0.493 e. The number of rotatable bonds is 8. The SMILES string of the molecule is COc1cc(C=Nn2c(-c3ccccc3)nc3ccccc3c2=O)cc(OC)c1OCc1ccc2c(c1)OCO2. The van der Waals surface area contributed by atoms with Crippen LogP contribution in [0.2, 0.25) is 0 Å². The lowest BCUT2D eigenvalue weighted by Crippen LogP contribution is -2.20. The zero-order valence-electron chi connectivity index (χ0n) is 21.9. The van der Waals surface area contributed by atoms with E-state index in [1.54, 1.807) is 44.7 Å². The van der Waals surface area contributed by atoms with E-state index in [0.717, 1.165) is 11.1 Å². The second-order valence-electron chi connectivity index (χ2n) is 8.91. The predicted octanol–water partition coefficient (Wildman–Crippen LogP) is 5.27. The largest absolute Gasteiger partial charge is 0.493 e. The molecule has 200 valence electrons. The molecule has 5 aromatic rings. The van der Waals surface area contributed by atoms with E-state index in [9.17, 15) is 4.79 Å². The predicted molar refractivity (Wildman–Crippen MR) is 151 cm³/mol. The van der Waals surface area contributed by atoms with Gasteiger partial charge in [-0.05, 0) is 42.0 Å². The molecule has 0 saturated carbocycles. The average molecular weight is 536 g/mol. The molecule has 9 nitrogen and oxygen atoms in total. The number of methoxy groups -OCH3 is 2. The Hall–Kier alpha value is -5.31. The number of hydrogen-bond acceptors (Lipinski definition) is 8. The Morgan fingerprint density at radius 1 is 0.900 bits per heavy atom. The van der Waals surface area contributed by atoms with Crippen LogP contribution in [0.3, 0.4) is 0 Å². The normalized spacial score (nSPS) is 12.2. The number of nitrogens with zero attached hydrogens (tertiary/aromatic N) is 3. The van der Waals surface area contributed by atoms with Crippen LogP contribution in [0.25, 0.3) is 22.3 Å². The summed E-state index contributed by atoms with van der Waals surface area (Å²) in [6.45, 7) is 0.466. The number of fused-ring (bicyclic) bond motifs is 2. The van der Waals surface area contributed by atoms with E-state index < -0.39 is 0 Å². The van der Waals surface area contributed by atoms with E-state index in [2.05, 4.69) is 5.10 Å². The summed E-state index contributed by atoms with van der Waals surface area (Å²) in [5.41, 5.74) is 2.64. The molecule has 2 heterocycles. The molecular weight excluding hydrogens is 510 g/mol. The topological polar surface area (TPSA) is 93.4 Å². The van der Waals surface area contributed by atoms with Crippen molar-refractivity contribution in [1.82, 2.24) is 9.66 Å². The fourth-order valence-electron chi connectivity index (χ4n) is 4.43. The van der Waals surface area contributed by atoms with Crippen molar-refractivity contribution in [2.75, 3.05) is 21.0 Å². The Kier molecular flexibility index (Phi) is 6.76. The van der Waals surface area contributed by atoms with Gasteiger partial charge in [-0.1, -0.05) is 48.5 Å². The maximum atomic E-state index is 13.5. The molecule has 0 amide bonds. The fourth-order valence-corrected chi connectivity index (χ4v) is 4.43. The van der Waals surface area contributed by atoms with Gasteiger partial charge in [0, 0.05) is 11.1 Å². The van der Waals surface area contributed by atoms with Gasteiger partial charge in [-0.15, -0.1) is 0 Å². The van der Waals surface area contributed by atoms with Gasteiger partial charge in [0.25, 0.3) is 5.56 Å². The molecule has 0 N–H and O–H groups in total. The third-order valence-electron chi connectivity index (χ3n) is 6.41. The van der Waals surface area contributed by atoms with Crippen LogP contribution in [0.1, 0.15) is 11.1 Å². The average Bonchev–Trinajstić information content (AvgIpc) is 3.48. The zero-order valence-corrected chi connectivity index (χ0v) is 21.9. The van der Waals surface area contributed by atoms with Crippen molar-refractivity contribution in [2.45, 2.75) is 6.61 Å². The first-order valence-electron chi connectivity index (χ1n) is 12.5. The van der Waals surface area contributed by atoms with Crippen LogP contribution in [0.4, 0.5) is 0 Å². The summed E-state index contributed by atoms with van der Waals surface area (Å²) in [6.07, 6.45) is 1.57. The van der Waals surface area contributed by atoms with Gasteiger partial charge in [0.05, 0.1) is 31.3 Å². The van der Waals surface area contributed by atoms with E-state index in [1.165, 1.54) is 4.68 Å². The van der Waals surface area contributed by atoms with Crippen LogP contribution in [0.5, 0.6) is 28.7 Å². The maximum absolute atomic E-state index is 13.5. The van der Waals surface area contributed by atoms with Crippen LogP contribution >= 0.6 is 0 Å². The molecule has 0 unspecified atom stereocenters. The maximum Gasteiger partial charge on any atom is 0.282 e. The summed E-state index contributed by atoms with van der Waals surface area (Å²) in [6, 6.07) is 25.9. The molecule has 0 radical (unpaired) electrons. The Balaban J connectivity index is 1.35. The molecule has 1 aliphatic rings. The third-order valence-corrected chi connectivity index (χ3v) is 6.41. The van der Waals surface area contributed by atoms with Gasteiger partial charge in [0.1, 0.15) is 6.61 Å². The van der Waals surface area contributed by atoms with Gasteiger partial charge < -0.3 is 23.7 Å². The standard InChI is InChI=1S/C31H25N3O6/c1-36-27-15-21(16-28(37-2)29(27)38-18-20-12-13-25-26(14-20)40-19-39-25)17-32-34-30(22-8-4-3-5-9-22)33-24-11-7-6-10-23(24)31(34)35/h3-17H,18-19H2,1-2H3. The first-order chi connectivity index (χ1) is 19.6. The highest BCUT2D eigenvalue weighted by atomic mass is 16.7. The van der Waals surface area contributed by atoms with Crippen LogP contribution < -0.4 is 29.2 Å². The molecular formula is C31H25N3O6. The lowest BCUT2D eigenvalue weighted by atomic mass is 10.2. The lowest BCUT2D eigenvalue weighted by molar-refractivity contribution is 0.174. The van der Waals surface area contributed by atoms with E-state index >= 15 is 0 Å². The summed E-state index contributed by atoms with van der Waals surface area (Å²) in [5.74, 6) is 3.17. The Labute approximate surface area is 229 Å². The molecule has 0 spiro atoms. The number of aromatic nitrogens is 2. The molecule has 9 heteroatoms. The summed E-state index contributed by atoms with van der Waals surface area (Å²) < 4.78 is 29.5. The van der Waals surface area contributed by atoms with Gasteiger partial charge in [0.2, 0.25) is 12.5 Å². The third kappa shape index (κ3) is 4.80. The second kappa shape index (κ2) is 10.8. The van der Waals surface area contributed by atoms with Gasteiger partial charge in [0.15, 0.2) is 28.8 Å². The van der Waals surface area contributed by atoms with Gasteiger partial charge in [-0.3, -0.25) is 4.79 Å². The first-order valence-corrected chi connectivity index (χ1v) is 12.5. The minimum atomic E-state index is -0.275. The number of ether oxygens (including phenoxy) is 5. The van der Waals surface area contributed by atoms with Crippen molar-refractivity contribution in [3.05, 3.63) is 106 Å². The highest BCUT2D eigenvalue weighted by molar-refractivity contribution is 5.83. The molecule has 0 atom stereocenters. The zero-order chi connectivity index (χ0) is 27.5. The van der Waals surface area contributed by atoms with Crippen molar-refractivity contribution in [3.63, 3.8) is 0 Å². The summed E-state index contributed by atoms with van der Waals surface area (Å²) in [4.78, 5) is 18.2. The van der Waals surface area contributed by atoms with Crippen molar-refractivity contribution in [1.29, 1.82) is 0 Å². The number of benzene rings is 4. The molecule has 0 saturated heterocycles. The summed E-state index contributed by atoms with van der Waals surface area (Å²) >= 11 is 0. The Morgan fingerprint density at radius 2 is 1.62 bits per heavy atom. The fraction of sp³-hybridized carbons (Fsp3) is 0.129. The van der Waals surface area contributed by atoms with E-state index in [0.29, 0.717) is 51.0 Å². The van der Waals surface area contributed by atoms with Crippen molar-refractivity contribution in [2.24, 2.45) is 5.10 Å². The van der Waals surface area contributed by atoms with Crippen LogP contribution in [0.15, 0.2) is 94.8 Å². The molecule has 0 aliphatic carbocycles. The molecule has 6 rings (SSSR count). The molecule has 4 aromatic carbocycles. The van der Waals surface area contributed by atoms with Gasteiger partial charge in [-0.2, -0.15) is 9.78 Å². The number of hydrogen-bond donors (Lipinski definition) is 0. The van der Waals surface area contributed by atoms with Crippen LogP contribution in [0, 0.1) is 0 Å². The van der Waals surface area contributed by atoms with Crippen LogP contribution in [-0.4, -0.2) is 36.9 Å². The molecule has 0 bridgehead atoms. The van der Waals surface area contributed by atoms with E-state index in [-0.39, 0.29) is 19.0 Å². The quantitative estimate of drug-likeness (QED) is 0.250. The Morgan fingerprint density at radius 3 is 2.40 bits per heavy atom. The lowest BCUT2D eigenvalue weighted by Gasteiger charge is -2.15. The van der Waals surface area contributed by atoms with E-state index in [1.807, 2.05) is 60.7 Å². The van der Waals surface area contributed by atoms with Crippen molar-refractivity contribution < 1.29 is 23.7 Å². The van der Waals surface area contributed by atoms with Gasteiger partial charge >= 0.3 is 0 Å². The van der Waals surface area contributed by atoms with Crippen molar-refractivity contribution >= 4 is 17.1 Å². The summed E-state index contributed by atoms with van der Waals surface area (Å²) in [5, 5.41) is 5.02. The number of para-hydroxylation sites is 1. The monoisotopic (exact) mass is 535 g/mol. The van der Waals surface area contributed by atoms with Crippen molar-refractivity contribution in [3.8, 4) is 40.1 Å². The van der Waals surface area contributed by atoms with Crippen LogP contribution in [-0.2, 0) is 6.61 Å². The minimum absolute atomic E-state index is 0.207. The van der Waals surface area contributed by atoms with E-state index in [4.69, 9.17) is 28.7 Å². The smallest absolute Gasteiger partial charge is 0.282 e. The second-order valence-corrected chi connectivity index (χ2v) is 8.91. The molecule has 0 fully saturated rings. The highest BCUT2D eigenvalue weighted by Gasteiger charge is 2.17. The molecule has 1 aromatic heterocycles. The highest BCUT2D eigenvalue weighted by Crippen LogP contribution is 2.39. The summed E-state index contributed by atoms with van der Waals surface area (Å²) in [7, 11) is 3.10. The molecule has 1 aliphatic heterocycles. The van der Waals surface area contributed by atoms with Gasteiger partial charge in [-0.25, -0.2) is 4.98 Å². The molecule has 40 heavy (non-hydrogen) atoms. The Bertz CT molecular complexity index is 1760.